The van der Waals surface area contributed by atoms with Gasteiger partial charge in [0.2, 0.25) is 4.96 Å². The van der Waals surface area contributed by atoms with Crippen LogP contribution in [0.3, 0.4) is 0 Å². The molecule has 0 aliphatic carbocycles. The molecule has 2 heterocycles. The molecule has 2 aromatic heterocycles. The molecule has 0 fully saturated rings. The predicted molar refractivity (Wildman–Crippen MR) is 103 cm³/mol. The maximum absolute atomic E-state index is 12.5. The molecule has 0 bridgehead atoms. The summed E-state index contributed by atoms with van der Waals surface area (Å²) in [6, 6.07) is 19.5. The third kappa shape index (κ3) is 3.12. The van der Waals surface area contributed by atoms with E-state index in [0.717, 1.165) is 16.1 Å². The lowest BCUT2D eigenvalue weighted by Crippen LogP contribution is -2.16. The van der Waals surface area contributed by atoms with Crippen molar-refractivity contribution in [1.82, 2.24) is 14.6 Å². The topological polar surface area (TPSA) is 47.3 Å². The van der Waals surface area contributed by atoms with Crippen LogP contribution in [0.25, 0.3) is 27.7 Å². The fraction of sp³-hybridized carbons (Fsp3) is 0. The monoisotopic (exact) mass is 365 g/mol. The molecule has 0 N–H and O–H groups in total. The second-order valence-corrected chi connectivity index (χ2v) is 6.66. The maximum atomic E-state index is 12.5. The lowest BCUT2D eigenvalue weighted by molar-refractivity contribution is 0.901. The molecule has 4 aromatic rings. The number of halogens is 1. The Kier molecular flexibility index (Phi) is 4.17. The first-order chi connectivity index (χ1) is 12.2. The van der Waals surface area contributed by atoms with Crippen molar-refractivity contribution in [2.24, 2.45) is 0 Å². The number of hydrogen-bond acceptors (Lipinski definition) is 4. The summed E-state index contributed by atoms with van der Waals surface area (Å²) in [5.41, 5.74) is 2.03. The van der Waals surface area contributed by atoms with Gasteiger partial charge in [-0.15, -0.1) is 0 Å². The van der Waals surface area contributed by atoms with Crippen molar-refractivity contribution in [3.05, 3.63) is 87.3 Å². The molecule has 4 rings (SSSR count). The van der Waals surface area contributed by atoms with Crippen LogP contribution in [0.1, 0.15) is 11.3 Å². The zero-order valence-electron chi connectivity index (χ0n) is 13.0. The van der Waals surface area contributed by atoms with Gasteiger partial charge in [-0.2, -0.15) is 9.61 Å². The summed E-state index contributed by atoms with van der Waals surface area (Å²) in [5, 5.41) is 5.15. The zero-order valence-corrected chi connectivity index (χ0v) is 14.5. The van der Waals surface area contributed by atoms with Crippen LogP contribution >= 0.6 is 22.9 Å². The number of hydrogen-bond donors (Lipinski definition) is 0. The van der Waals surface area contributed by atoms with E-state index in [9.17, 15) is 4.79 Å². The van der Waals surface area contributed by atoms with E-state index >= 15 is 0 Å². The van der Waals surface area contributed by atoms with Crippen molar-refractivity contribution >= 4 is 40.1 Å². The Morgan fingerprint density at radius 2 is 1.64 bits per heavy atom. The molecule has 25 heavy (non-hydrogen) atoms. The average Bonchev–Trinajstić information content (AvgIpc) is 3.09. The van der Waals surface area contributed by atoms with Gasteiger partial charge in [0.1, 0.15) is 10.0 Å². The molecule has 4 nitrogen and oxygen atoms in total. The lowest BCUT2D eigenvalue weighted by atomic mass is 10.2. The fourth-order valence-corrected chi connectivity index (χ4v) is 3.48. The first kappa shape index (κ1) is 15.7. The Balaban J connectivity index is 1.81. The highest BCUT2D eigenvalue weighted by atomic mass is 35.5. The lowest BCUT2D eigenvalue weighted by Gasteiger charge is -1.98. The van der Waals surface area contributed by atoms with Gasteiger partial charge in [-0.1, -0.05) is 89.7 Å². The van der Waals surface area contributed by atoms with Crippen molar-refractivity contribution in [2.75, 3.05) is 0 Å². The fourth-order valence-electron chi connectivity index (χ4n) is 2.39. The van der Waals surface area contributed by atoms with Crippen LogP contribution in [0, 0.1) is 0 Å². The minimum atomic E-state index is -0.363. The van der Waals surface area contributed by atoms with Crippen molar-refractivity contribution in [1.29, 1.82) is 0 Å². The Labute approximate surface area is 152 Å². The molecule has 0 atom stereocenters. The molecule has 0 aliphatic heterocycles. The summed E-state index contributed by atoms with van der Waals surface area (Å²) in [6.07, 6.45) is 3.63. The normalized spacial score (nSPS) is 11.4. The quantitative estimate of drug-likeness (QED) is 0.531. The van der Waals surface area contributed by atoms with Gasteiger partial charge < -0.3 is 0 Å². The SMILES string of the molecule is O=c1c(Cl)c(C=Cc2ccccc2)nc2sc(-c3ccccc3)nn12. The number of fused-ring (bicyclic) bond motifs is 1. The van der Waals surface area contributed by atoms with Crippen molar-refractivity contribution in [3.63, 3.8) is 0 Å². The minimum Gasteiger partial charge on any atom is -0.266 e. The van der Waals surface area contributed by atoms with E-state index in [-0.39, 0.29) is 10.6 Å². The van der Waals surface area contributed by atoms with Crippen molar-refractivity contribution in [3.8, 4) is 10.6 Å². The van der Waals surface area contributed by atoms with E-state index in [4.69, 9.17) is 11.6 Å². The second kappa shape index (κ2) is 6.63. The Morgan fingerprint density at radius 1 is 0.960 bits per heavy atom. The van der Waals surface area contributed by atoms with Crippen LogP contribution in [0.15, 0.2) is 65.5 Å². The third-order valence-corrected chi connectivity index (χ3v) is 4.95. The van der Waals surface area contributed by atoms with E-state index in [1.807, 2.05) is 66.7 Å². The van der Waals surface area contributed by atoms with Gasteiger partial charge >= 0.3 is 0 Å². The minimum absolute atomic E-state index is 0.0644. The van der Waals surface area contributed by atoms with E-state index in [1.165, 1.54) is 15.9 Å². The zero-order chi connectivity index (χ0) is 17.2. The van der Waals surface area contributed by atoms with Crippen LogP contribution in [0.5, 0.6) is 0 Å². The molecule has 0 aliphatic rings. The van der Waals surface area contributed by atoms with Crippen LogP contribution < -0.4 is 5.56 Å². The molecule has 0 saturated heterocycles. The van der Waals surface area contributed by atoms with Gasteiger partial charge in [-0.25, -0.2) is 4.98 Å². The number of rotatable bonds is 3. The number of aromatic nitrogens is 3. The van der Waals surface area contributed by atoms with Gasteiger partial charge in [0.05, 0.1) is 5.69 Å². The highest BCUT2D eigenvalue weighted by molar-refractivity contribution is 7.19. The summed E-state index contributed by atoms with van der Waals surface area (Å²) in [5.74, 6) is 0. The van der Waals surface area contributed by atoms with E-state index in [0.29, 0.717) is 10.7 Å². The molecular weight excluding hydrogens is 354 g/mol. The van der Waals surface area contributed by atoms with E-state index in [1.54, 1.807) is 6.08 Å². The van der Waals surface area contributed by atoms with Gasteiger partial charge in [0, 0.05) is 5.56 Å². The molecule has 2 aromatic carbocycles. The van der Waals surface area contributed by atoms with E-state index < -0.39 is 0 Å². The van der Waals surface area contributed by atoms with Crippen LogP contribution in [-0.2, 0) is 0 Å². The predicted octanol–water partition coefficient (Wildman–Crippen LogP) is 4.64. The number of benzene rings is 2. The van der Waals surface area contributed by atoms with Gasteiger partial charge in [0.25, 0.3) is 5.56 Å². The summed E-state index contributed by atoms with van der Waals surface area (Å²) < 4.78 is 1.26. The summed E-state index contributed by atoms with van der Waals surface area (Å²) >= 11 is 7.57. The summed E-state index contributed by atoms with van der Waals surface area (Å²) in [6.45, 7) is 0. The van der Waals surface area contributed by atoms with Crippen LogP contribution in [0.4, 0.5) is 0 Å². The molecular formula is C19H12ClN3OS. The van der Waals surface area contributed by atoms with E-state index in [2.05, 4.69) is 10.1 Å². The molecule has 0 unspecified atom stereocenters. The second-order valence-electron chi connectivity index (χ2n) is 5.33. The smallest absolute Gasteiger partial charge is 0.266 e. The molecule has 0 spiro atoms. The first-order valence-corrected chi connectivity index (χ1v) is 8.80. The Morgan fingerprint density at radius 3 is 2.36 bits per heavy atom. The largest absolute Gasteiger partial charge is 0.294 e. The molecule has 6 heteroatoms. The van der Waals surface area contributed by atoms with Crippen molar-refractivity contribution < 1.29 is 0 Å². The molecule has 122 valence electrons. The van der Waals surface area contributed by atoms with Crippen LogP contribution in [-0.4, -0.2) is 14.6 Å². The van der Waals surface area contributed by atoms with Gasteiger partial charge in [0.15, 0.2) is 0 Å². The highest BCUT2D eigenvalue weighted by Gasteiger charge is 2.14. The summed E-state index contributed by atoms with van der Waals surface area (Å²) in [7, 11) is 0. The van der Waals surface area contributed by atoms with Crippen LogP contribution in [0.2, 0.25) is 5.02 Å². The molecule has 0 saturated carbocycles. The van der Waals surface area contributed by atoms with Gasteiger partial charge in [-0.3, -0.25) is 4.79 Å². The standard InChI is InChI=1S/C19H12ClN3OS/c20-16-15(12-11-13-7-3-1-4-8-13)21-19-23(18(16)24)22-17(25-19)14-9-5-2-6-10-14/h1-12H. The van der Waals surface area contributed by atoms with Crippen molar-refractivity contribution in [2.45, 2.75) is 0 Å². The maximum Gasteiger partial charge on any atom is 0.294 e. The molecule has 0 amide bonds. The first-order valence-electron chi connectivity index (χ1n) is 7.60. The average molecular weight is 366 g/mol. The highest BCUT2D eigenvalue weighted by Crippen LogP contribution is 2.25. The Bertz CT molecular complexity index is 1120. The summed E-state index contributed by atoms with van der Waals surface area (Å²) in [4.78, 5) is 17.5. The number of nitrogens with zero attached hydrogens (tertiary/aromatic N) is 3. The molecule has 0 radical (unpaired) electrons. The van der Waals surface area contributed by atoms with Gasteiger partial charge in [-0.05, 0) is 11.6 Å². The Hall–Kier alpha value is -2.76. The third-order valence-electron chi connectivity index (χ3n) is 3.64.